The van der Waals surface area contributed by atoms with Crippen molar-refractivity contribution < 1.29 is 4.79 Å². The fourth-order valence-electron chi connectivity index (χ4n) is 2.65. The van der Waals surface area contributed by atoms with Gasteiger partial charge in [0.15, 0.2) is 0 Å². The summed E-state index contributed by atoms with van der Waals surface area (Å²) in [6.45, 7) is 0. The molecule has 0 unspecified atom stereocenters. The van der Waals surface area contributed by atoms with Crippen molar-refractivity contribution in [1.29, 1.82) is 0 Å². The van der Waals surface area contributed by atoms with Crippen LogP contribution in [-0.4, -0.2) is 16.1 Å². The van der Waals surface area contributed by atoms with E-state index >= 15 is 0 Å². The number of rotatable bonds is 4. The van der Waals surface area contributed by atoms with Crippen molar-refractivity contribution in [1.82, 2.24) is 10.2 Å². The van der Waals surface area contributed by atoms with E-state index < -0.39 is 0 Å². The van der Waals surface area contributed by atoms with Crippen LogP contribution >= 0.6 is 22.9 Å². The molecular weight excluding hydrogens is 366 g/mol. The van der Waals surface area contributed by atoms with Crippen molar-refractivity contribution in [2.45, 2.75) is 0 Å². The second-order valence-corrected chi connectivity index (χ2v) is 7.03. The first kappa shape index (κ1) is 16.6. The summed E-state index contributed by atoms with van der Waals surface area (Å²) >= 11 is 7.51. The van der Waals surface area contributed by atoms with E-state index in [2.05, 4.69) is 15.5 Å². The Morgan fingerprint density at radius 2 is 2.00 bits per heavy atom. The predicted molar refractivity (Wildman–Crippen MR) is 109 cm³/mol. The van der Waals surface area contributed by atoms with Crippen molar-refractivity contribution in [3.05, 3.63) is 81.1 Å². The molecule has 2 aromatic carbocycles. The number of benzene rings is 2. The number of aromatic amines is 1. The highest BCUT2D eigenvalue weighted by molar-refractivity contribution is 7.12. The van der Waals surface area contributed by atoms with Crippen LogP contribution in [0.25, 0.3) is 23.1 Å². The highest BCUT2D eigenvalue weighted by Gasteiger charge is 2.10. The second-order valence-electron chi connectivity index (χ2n) is 5.65. The minimum absolute atomic E-state index is 0.151. The summed E-state index contributed by atoms with van der Waals surface area (Å²) in [4.78, 5) is 13.0. The molecule has 26 heavy (non-hydrogen) atoms. The standard InChI is InChI=1S/C20H14ClN3OS/c21-14-9-7-13(18(12-14)22-20(25)19-6-3-11-26-19)8-10-17-15-4-1-2-5-16(15)23-24-17/h1-12H,(H,22,25)(H,23,24)/b10-8+. The summed E-state index contributed by atoms with van der Waals surface area (Å²) in [5.74, 6) is -0.151. The largest absolute Gasteiger partial charge is 0.321 e. The van der Waals surface area contributed by atoms with Crippen LogP contribution in [-0.2, 0) is 0 Å². The molecule has 0 saturated heterocycles. The third-order valence-electron chi connectivity index (χ3n) is 3.93. The van der Waals surface area contributed by atoms with Gasteiger partial charge in [0, 0.05) is 16.1 Å². The van der Waals surface area contributed by atoms with Crippen LogP contribution in [0.1, 0.15) is 20.9 Å². The molecule has 0 fully saturated rings. The molecule has 4 nitrogen and oxygen atoms in total. The number of hydrogen-bond acceptors (Lipinski definition) is 3. The molecule has 0 atom stereocenters. The van der Waals surface area contributed by atoms with Crippen molar-refractivity contribution >= 4 is 57.6 Å². The minimum Gasteiger partial charge on any atom is -0.321 e. The van der Waals surface area contributed by atoms with Gasteiger partial charge in [-0.1, -0.05) is 48.0 Å². The van der Waals surface area contributed by atoms with Crippen LogP contribution in [0, 0.1) is 0 Å². The zero-order chi connectivity index (χ0) is 17.9. The molecule has 0 spiro atoms. The van der Waals surface area contributed by atoms with E-state index in [1.807, 2.05) is 53.9 Å². The van der Waals surface area contributed by atoms with Crippen LogP contribution in [0.4, 0.5) is 5.69 Å². The van der Waals surface area contributed by atoms with Gasteiger partial charge in [0.2, 0.25) is 0 Å². The first-order valence-corrected chi connectivity index (χ1v) is 9.22. The van der Waals surface area contributed by atoms with E-state index in [-0.39, 0.29) is 5.91 Å². The van der Waals surface area contributed by atoms with Crippen molar-refractivity contribution in [2.75, 3.05) is 5.32 Å². The number of halogens is 1. The number of amides is 1. The highest BCUT2D eigenvalue weighted by Crippen LogP contribution is 2.25. The molecule has 2 aromatic heterocycles. The lowest BCUT2D eigenvalue weighted by atomic mass is 10.1. The van der Waals surface area contributed by atoms with Crippen molar-refractivity contribution in [2.24, 2.45) is 0 Å². The van der Waals surface area contributed by atoms with Crippen LogP contribution in [0.5, 0.6) is 0 Å². The van der Waals surface area contributed by atoms with Gasteiger partial charge in [0.25, 0.3) is 5.91 Å². The smallest absolute Gasteiger partial charge is 0.265 e. The molecule has 0 aliphatic rings. The lowest BCUT2D eigenvalue weighted by Gasteiger charge is -2.08. The molecule has 4 aromatic rings. The predicted octanol–water partition coefficient (Wildman–Crippen LogP) is 5.70. The first-order valence-electron chi connectivity index (χ1n) is 7.96. The Kier molecular flexibility index (Phi) is 4.56. The summed E-state index contributed by atoms with van der Waals surface area (Å²) in [6, 6.07) is 17.0. The topological polar surface area (TPSA) is 57.8 Å². The number of hydrogen-bond donors (Lipinski definition) is 2. The quantitative estimate of drug-likeness (QED) is 0.477. The summed E-state index contributed by atoms with van der Waals surface area (Å²) < 4.78 is 0. The fraction of sp³-hybridized carbons (Fsp3) is 0. The maximum absolute atomic E-state index is 12.4. The monoisotopic (exact) mass is 379 g/mol. The molecule has 0 aliphatic carbocycles. The molecule has 0 aliphatic heterocycles. The van der Waals surface area contributed by atoms with Crippen molar-refractivity contribution in [3.63, 3.8) is 0 Å². The zero-order valence-corrected chi connectivity index (χ0v) is 15.1. The van der Waals surface area contributed by atoms with Crippen molar-refractivity contribution in [3.8, 4) is 0 Å². The van der Waals surface area contributed by atoms with Crippen LogP contribution in [0.15, 0.2) is 60.0 Å². The van der Waals surface area contributed by atoms with Gasteiger partial charge in [-0.3, -0.25) is 9.89 Å². The SMILES string of the molecule is O=C(Nc1cc(Cl)ccc1/C=C/c1n[nH]c2ccccc12)c1cccs1. The number of carbonyl (C=O) groups is 1. The number of nitrogens with zero attached hydrogens (tertiary/aromatic N) is 1. The third-order valence-corrected chi connectivity index (χ3v) is 5.03. The van der Waals surface area contributed by atoms with Crippen LogP contribution < -0.4 is 5.32 Å². The van der Waals surface area contributed by atoms with E-state index in [0.29, 0.717) is 15.6 Å². The number of carbonyl (C=O) groups excluding carboxylic acids is 1. The summed E-state index contributed by atoms with van der Waals surface area (Å²) in [5.41, 5.74) is 3.33. The van der Waals surface area contributed by atoms with Crippen LogP contribution in [0.3, 0.4) is 0 Å². The zero-order valence-electron chi connectivity index (χ0n) is 13.6. The van der Waals surface area contributed by atoms with E-state index in [9.17, 15) is 4.79 Å². The molecule has 1 amide bonds. The molecule has 0 bridgehead atoms. The molecule has 2 N–H and O–H groups in total. The molecule has 0 saturated carbocycles. The number of aromatic nitrogens is 2. The van der Waals surface area contributed by atoms with E-state index in [1.165, 1.54) is 11.3 Å². The number of fused-ring (bicyclic) bond motifs is 1. The maximum atomic E-state index is 12.4. The Morgan fingerprint density at radius 3 is 2.85 bits per heavy atom. The number of nitrogens with one attached hydrogen (secondary N) is 2. The highest BCUT2D eigenvalue weighted by atomic mass is 35.5. The van der Waals surface area contributed by atoms with Gasteiger partial charge in [-0.15, -0.1) is 11.3 Å². The minimum atomic E-state index is -0.151. The molecule has 0 radical (unpaired) electrons. The fourth-order valence-corrected chi connectivity index (χ4v) is 3.45. The van der Waals surface area contributed by atoms with E-state index in [4.69, 9.17) is 11.6 Å². The van der Waals surface area contributed by atoms with Gasteiger partial charge in [0.05, 0.1) is 16.1 Å². The lowest BCUT2D eigenvalue weighted by molar-refractivity contribution is 0.103. The Morgan fingerprint density at radius 1 is 1.12 bits per heavy atom. The lowest BCUT2D eigenvalue weighted by Crippen LogP contribution is -2.11. The summed E-state index contributed by atoms with van der Waals surface area (Å²) in [5, 5.41) is 13.8. The number of anilines is 1. The molecule has 2 heterocycles. The number of H-pyrrole nitrogens is 1. The van der Waals surface area contributed by atoms with Gasteiger partial charge in [-0.2, -0.15) is 5.10 Å². The van der Waals surface area contributed by atoms with E-state index in [0.717, 1.165) is 22.2 Å². The second kappa shape index (κ2) is 7.15. The summed E-state index contributed by atoms with van der Waals surface area (Å²) in [7, 11) is 0. The molecule has 6 heteroatoms. The number of para-hydroxylation sites is 1. The Labute approximate surface area is 159 Å². The molecule has 4 rings (SSSR count). The number of thiophene rings is 1. The maximum Gasteiger partial charge on any atom is 0.265 e. The van der Waals surface area contributed by atoms with Gasteiger partial charge in [-0.25, -0.2) is 0 Å². The Hall–Kier alpha value is -2.89. The van der Waals surface area contributed by atoms with Gasteiger partial charge < -0.3 is 5.32 Å². The average Bonchev–Trinajstić information content (AvgIpc) is 3.31. The third kappa shape index (κ3) is 3.40. The van der Waals surface area contributed by atoms with Crippen LogP contribution in [0.2, 0.25) is 5.02 Å². The molecule has 128 valence electrons. The van der Waals surface area contributed by atoms with Gasteiger partial charge >= 0.3 is 0 Å². The summed E-state index contributed by atoms with van der Waals surface area (Å²) in [6.07, 6.45) is 3.84. The van der Waals surface area contributed by atoms with Gasteiger partial charge in [-0.05, 0) is 41.3 Å². The average molecular weight is 380 g/mol. The molecular formula is C20H14ClN3OS. The van der Waals surface area contributed by atoms with Gasteiger partial charge in [0.1, 0.15) is 0 Å². The first-order chi connectivity index (χ1) is 12.7. The Balaban J connectivity index is 1.65. The Bertz CT molecular complexity index is 1100. The van der Waals surface area contributed by atoms with E-state index in [1.54, 1.807) is 18.2 Å². The normalized spacial score (nSPS) is 11.3.